The highest BCUT2D eigenvalue weighted by atomic mass is 32.1. The van der Waals surface area contributed by atoms with Gasteiger partial charge in [-0.2, -0.15) is 0 Å². The van der Waals surface area contributed by atoms with Gasteiger partial charge in [-0.3, -0.25) is 9.59 Å². The van der Waals surface area contributed by atoms with Crippen molar-refractivity contribution in [3.05, 3.63) is 93.9 Å². The number of nitrogens with zero attached hydrogens (tertiary/aromatic N) is 2. The SMILES string of the molecule is COc1cccc(OC)c1C(=O)Nc1ccc(C(=O)N2Cc3cccn3Cc3sccc32)cc1. The number of ether oxygens (including phenoxy) is 2. The van der Waals surface area contributed by atoms with Gasteiger partial charge < -0.3 is 24.3 Å². The molecule has 0 unspecified atom stereocenters. The number of carbonyl (C=O) groups is 2. The molecule has 172 valence electrons. The van der Waals surface area contributed by atoms with Gasteiger partial charge in [0.05, 0.1) is 33.0 Å². The first-order chi connectivity index (χ1) is 16.6. The number of fused-ring (bicyclic) bond motifs is 2. The number of nitrogens with one attached hydrogen (secondary N) is 1. The molecule has 0 atom stereocenters. The molecule has 0 bridgehead atoms. The van der Waals surface area contributed by atoms with Gasteiger partial charge in [0.2, 0.25) is 0 Å². The van der Waals surface area contributed by atoms with Gasteiger partial charge >= 0.3 is 0 Å². The number of hydrogen-bond acceptors (Lipinski definition) is 5. The number of hydrogen-bond donors (Lipinski definition) is 1. The zero-order chi connectivity index (χ0) is 23.7. The molecule has 1 N–H and O–H groups in total. The van der Waals surface area contributed by atoms with Gasteiger partial charge in [0.1, 0.15) is 17.1 Å². The predicted molar refractivity (Wildman–Crippen MR) is 132 cm³/mol. The summed E-state index contributed by atoms with van der Waals surface area (Å²) >= 11 is 1.65. The van der Waals surface area contributed by atoms with E-state index in [0.717, 1.165) is 22.8 Å². The van der Waals surface area contributed by atoms with E-state index >= 15 is 0 Å². The molecule has 3 heterocycles. The molecule has 0 aliphatic carbocycles. The summed E-state index contributed by atoms with van der Waals surface area (Å²) in [6.45, 7) is 1.26. The van der Waals surface area contributed by atoms with Crippen molar-refractivity contribution in [2.24, 2.45) is 0 Å². The van der Waals surface area contributed by atoms with Crippen molar-refractivity contribution in [2.45, 2.75) is 13.1 Å². The standard InChI is InChI=1S/C26H23N3O4S/c1-32-21-6-3-7-22(33-2)24(21)25(30)27-18-10-8-17(9-11-18)26(31)29-15-19-5-4-13-28(19)16-23-20(29)12-14-34-23/h3-14H,15-16H2,1-2H3,(H,27,30). The molecule has 5 rings (SSSR count). The van der Waals surface area contributed by atoms with Crippen LogP contribution in [0.5, 0.6) is 11.5 Å². The summed E-state index contributed by atoms with van der Waals surface area (Å²) in [5.41, 5.74) is 3.46. The molecule has 2 aromatic carbocycles. The minimum Gasteiger partial charge on any atom is -0.496 e. The number of rotatable bonds is 5. The molecule has 4 aromatic rings. The molecule has 2 amide bonds. The molecule has 7 nitrogen and oxygen atoms in total. The highest BCUT2D eigenvalue weighted by Gasteiger charge is 2.26. The first-order valence-electron chi connectivity index (χ1n) is 10.7. The molecule has 0 saturated carbocycles. The van der Waals surface area contributed by atoms with Gasteiger partial charge in [-0.05, 0) is 60.0 Å². The number of anilines is 2. The monoisotopic (exact) mass is 473 g/mol. The van der Waals surface area contributed by atoms with Crippen molar-refractivity contribution < 1.29 is 19.1 Å². The third-order valence-corrected chi connectivity index (χ3v) is 6.75. The minimum absolute atomic E-state index is 0.0847. The lowest BCUT2D eigenvalue weighted by Gasteiger charge is -2.21. The fourth-order valence-electron chi connectivity index (χ4n) is 4.14. The quantitative estimate of drug-likeness (QED) is 0.441. The van der Waals surface area contributed by atoms with Crippen molar-refractivity contribution >= 4 is 34.5 Å². The maximum Gasteiger partial charge on any atom is 0.263 e. The third-order valence-electron chi connectivity index (χ3n) is 5.86. The Hall–Kier alpha value is -4.04. The molecule has 0 radical (unpaired) electrons. The van der Waals surface area contributed by atoms with Crippen molar-refractivity contribution in [2.75, 3.05) is 24.4 Å². The predicted octanol–water partition coefficient (Wildman–Crippen LogP) is 5.03. The molecule has 1 aliphatic heterocycles. The molecule has 8 heteroatoms. The fourth-order valence-corrected chi connectivity index (χ4v) is 5.02. The number of thiophene rings is 1. The van der Waals surface area contributed by atoms with Crippen LogP contribution in [-0.2, 0) is 13.1 Å². The molecule has 0 saturated heterocycles. The number of carbonyl (C=O) groups excluding carboxylic acids is 2. The molecular formula is C26H23N3O4S. The zero-order valence-corrected chi connectivity index (χ0v) is 19.6. The van der Waals surface area contributed by atoms with Gasteiger partial charge in [-0.1, -0.05) is 6.07 Å². The van der Waals surface area contributed by atoms with Gasteiger partial charge in [-0.15, -0.1) is 11.3 Å². The van der Waals surface area contributed by atoms with Crippen LogP contribution in [0.1, 0.15) is 31.3 Å². The van der Waals surface area contributed by atoms with Crippen LogP contribution in [-0.4, -0.2) is 30.6 Å². The van der Waals surface area contributed by atoms with Crippen LogP contribution in [0.15, 0.2) is 72.2 Å². The summed E-state index contributed by atoms with van der Waals surface area (Å²) in [5.74, 6) is 0.394. The topological polar surface area (TPSA) is 72.8 Å². The number of amides is 2. The van der Waals surface area contributed by atoms with E-state index in [4.69, 9.17) is 9.47 Å². The summed E-state index contributed by atoms with van der Waals surface area (Å²) in [6.07, 6.45) is 2.04. The third kappa shape index (κ3) is 3.92. The molecule has 34 heavy (non-hydrogen) atoms. The van der Waals surface area contributed by atoms with Gasteiger partial charge in [0.15, 0.2) is 0 Å². The first kappa shape index (κ1) is 21.8. The van der Waals surface area contributed by atoms with Crippen molar-refractivity contribution in [3.8, 4) is 11.5 Å². The summed E-state index contributed by atoms with van der Waals surface area (Å²) in [4.78, 5) is 29.4. The largest absolute Gasteiger partial charge is 0.496 e. The summed E-state index contributed by atoms with van der Waals surface area (Å²) in [7, 11) is 3.01. The number of benzene rings is 2. The van der Waals surface area contributed by atoms with Crippen LogP contribution in [0.3, 0.4) is 0 Å². The van der Waals surface area contributed by atoms with E-state index < -0.39 is 0 Å². The van der Waals surface area contributed by atoms with Crippen molar-refractivity contribution in [1.82, 2.24) is 4.57 Å². The minimum atomic E-state index is -0.357. The first-order valence-corrected chi connectivity index (χ1v) is 11.6. The Labute approximate surface area is 201 Å². The maximum absolute atomic E-state index is 13.5. The van der Waals surface area contributed by atoms with Crippen molar-refractivity contribution in [3.63, 3.8) is 0 Å². The van der Waals surface area contributed by atoms with Crippen LogP contribution in [0.25, 0.3) is 0 Å². The van der Waals surface area contributed by atoms with Crippen LogP contribution >= 0.6 is 11.3 Å². The van der Waals surface area contributed by atoms with E-state index in [9.17, 15) is 9.59 Å². The normalized spacial score (nSPS) is 12.4. The second-order valence-corrected chi connectivity index (χ2v) is 8.82. The van der Waals surface area contributed by atoms with E-state index in [-0.39, 0.29) is 11.8 Å². The lowest BCUT2D eigenvalue weighted by atomic mass is 10.1. The van der Waals surface area contributed by atoms with E-state index in [1.165, 1.54) is 14.2 Å². The smallest absolute Gasteiger partial charge is 0.263 e. The molecule has 2 aromatic heterocycles. The maximum atomic E-state index is 13.5. The molecular weight excluding hydrogens is 450 g/mol. The Morgan fingerprint density at radius 3 is 2.35 bits per heavy atom. The Bertz CT molecular complexity index is 1330. The lowest BCUT2D eigenvalue weighted by molar-refractivity contribution is 0.0983. The molecule has 0 fully saturated rings. The average Bonchev–Trinajstić information content (AvgIpc) is 3.49. The molecule has 0 spiro atoms. The Morgan fingerprint density at radius 1 is 0.912 bits per heavy atom. The average molecular weight is 474 g/mol. The van der Waals surface area contributed by atoms with Crippen LogP contribution in [0.2, 0.25) is 0 Å². The van der Waals surface area contributed by atoms with E-state index in [1.54, 1.807) is 53.8 Å². The van der Waals surface area contributed by atoms with Gasteiger partial charge in [-0.25, -0.2) is 0 Å². The van der Waals surface area contributed by atoms with Crippen LogP contribution < -0.4 is 19.7 Å². The van der Waals surface area contributed by atoms with E-state index in [1.807, 2.05) is 34.7 Å². The number of aromatic nitrogens is 1. The van der Waals surface area contributed by atoms with Gasteiger partial charge in [0, 0.05) is 28.0 Å². The summed E-state index contributed by atoms with van der Waals surface area (Å²) in [5, 5.41) is 4.88. The summed E-state index contributed by atoms with van der Waals surface area (Å²) in [6, 6.07) is 18.1. The highest BCUT2D eigenvalue weighted by Crippen LogP contribution is 2.33. The fraction of sp³-hybridized carbons (Fsp3) is 0.154. The second kappa shape index (κ2) is 9.07. The van der Waals surface area contributed by atoms with E-state index in [0.29, 0.717) is 34.9 Å². The lowest BCUT2D eigenvalue weighted by Crippen LogP contribution is -2.30. The Balaban J connectivity index is 1.37. The Morgan fingerprint density at radius 2 is 1.65 bits per heavy atom. The van der Waals surface area contributed by atoms with Crippen LogP contribution in [0, 0.1) is 0 Å². The Kier molecular flexibility index (Phi) is 5.81. The van der Waals surface area contributed by atoms with Gasteiger partial charge in [0.25, 0.3) is 11.8 Å². The van der Waals surface area contributed by atoms with Crippen molar-refractivity contribution in [1.29, 1.82) is 0 Å². The number of methoxy groups -OCH3 is 2. The second-order valence-electron chi connectivity index (χ2n) is 7.82. The summed E-state index contributed by atoms with van der Waals surface area (Å²) < 4.78 is 12.8. The zero-order valence-electron chi connectivity index (χ0n) is 18.8. The molecule has 1 aliphatic rings. The highest BCUT2D eigenvalue weighted by molar-refractivity contribution is 7.10. The van der Waals surface area contributed by atoms with Crippen LogP contribution in [0.4, 0.5) is 11.4 Å². The van der Waals surface area contributed by atoms with E-state index in [2.05, 4.69) is 9.88 Å².